The number of aliphatic carboxylic acids is 1. The third kappa shape index (κ3) is 3.06. The number of carbonyl (C=O) groups excluding carboxylic acids is 1. The van der Waals surface area contributed by atoms with Gasteiger partial charge in [-0.3, -0.25) is 9.59 Å². The lowest BCUT2D eigenvalue weighted by Crippen LogP contribution is -2.32. The number of benzene rings is 1. The van der Waals surface area contributed by atoms with Gasteiger partial charge in [-0.05, 0) is 28.1 Å². The normalized spacial score (nSPS) is 9.73. The summed E-state index contributed by atoms with van der Waals surface area (Å²) in [6.07, 6.45) is 0. The molecule has 0 aliphatic heterocycles. The molecule has 0 radical (unpaired) electrons. The molecule has 5 heteroatoms. The molecule has 0 fully saturated rings. The SMILES string of the molecule is CN(CC(=O)O)C(=O)c1ccccc1Br. The van der Waals surface area contributed by atoms with Crippen LogP contribution in [0.5, 0.6) is 0 Å². The number of carbonyl (C=O) groups is 2. The van der Waals surface area contributed by atoms with Crippen molar-refractivity contribution in [3.05, 3.63) is 34.3 Å². The van der Waals surface area contributed by atoms with Gasteiger partial charge in [-0.1, -0.05) is 12.1 Å². The maximum atomic E-state index is 11.7. The number of carboxylic acid groups (broad SMARTS) is 1. The van der Waals surface area contributed by atoms with Gasteiger partial charge in [0.05, 0.1) is 5.56 Å². The van der Waals surface area contributed by atoms with Gasteiger partial charge in [0.1, 0.15) is 6.54 Å². The van der Waals surface area contributed by atoms with E-state index >= 15 is 0 Å². The largest absolute Gasteiger partial charge is 0.480 e. The van der Waals surface area contributed by atoms with Crippen LogP contribution in [0.15, 0.2) is 28.7 Å². The van der Waals surface area contributed by atoms with Crippen molar-refractivity contribution in [3.63, 3.8) is 0 Å². The molecule has 0 saturated heterocycles. The Morgan fingerprint density at radius 3 is 2.53 bits per heavy atom. The predicted molar refractivity (Wildman–Crippen MR) is 58.7 cm³/mol. The van der Waals surface area contributed by atoms with E-state index in [0.717, 1.165) is 4.90 Å². The topological polar surface area (TPSA) is 57.6 Å². The maximum absolute atomic E-state index is 11.7. The molecule has 0 aliphatic carbocycles. The first-order chi connectivity index (χ1) is 7.02. The summed E-state index contributed by atoms with van der Waals surface area (Å²) in [5.41, 5.74) is 0.459. The third-order valence-corrected chi connectivity index (χ3v) is 2.51. The second-order valence-electron chi connectivity index (χ2n) is 3.03. The Labute approximate surface area is 95.6 Å². The molecule has 1 aromatic carbocycles. The summed E-state index contributed by atoms with van der Waals surface area (Å²) in [5, 5.41) is 8.54. The lowest BCUT2D eigenvalue weighted by Gasteiger charge is -2.15. The van der Waals surface area contributed by atoms with Gasteiger partial charge in [-0.15, -0.1) is 0 Å². The molecule has 0 spiro atoms. The molecule has 0 heterocycles. The van der Waals surface area contributed by atoms with Gasteiger partial charge in [0.25, 0.3) is 5.91 Å². The van der Waals surface area contributed by atoms with Gasteiger partial charge in [-0.25, -0.2) is 0 Å². The minimum Gasteiger partial charge on any atom is -0.480 e. The fourth-order valence-corrected chi connectivity index (χ4v) is 1.57. The molecule has 0 atom stereocenters. The number of nitrogens with zero attached hydrogens (tertiary/aromatic N) is 1. The highest BCUT2D eigenvalue weighted by molar-refractivity contribution is 9.10. The number of amides is 1. The summed E-state index contributed by atoms with van der Waals surface area (Å²) in [5.74, 6) is -1.34. The number of likely N-dealkylation sites (N-methyl/N-ethyl adjacent to an activating group) is 1. The Bertz CT molecular complexity index is 392. The minimum atomic E-state index is -1.03. The Hall–Kier alpha value is -1.36. The number of hydrogen-bond donors (Lipinski definition) is 1. The molecule has 80 valence electrons. The van der Waals surface area contributed by atoms with E-state index < -0.39 is 5.97 Å². The number of halogens is 1. The van der Waals surface area contributed by atoms with Crippen molar-refractivity contribution in [2.75, 3.05) is 13.6 Å². The van der Waals surface area contributed by atoms with Crippen LogP contribution in [-0.2, 0) is 4.79 Å². The third-order valence-electron chi connectivity index (χ3n) is 1.82. The fraction of sp³-hybridized carbons (Fsp3) is 0.200. The van der Waals surface area contributed by atoms with Crippen LogP contribution in [0.4, 0.5) is 0 Å². The second-order valence-corrected chi connectivity index (χ2v) is 3.89. The molecule has 0 unspecified atom stereocenters. The number of hydrogen-bond acceptors (Lipinski definition) is 2. The average Bonchev–Trinajstić information content (AvgIpc) is 2.16. The molecule has 0 bridgehead atoms. The van der Waals surface area contributed by atoms with E-state index in [-0.39, 0.29) is 12.5 Å². The highest BCUT2D eigenvalue weighted by atomic mass is 79.9. The van der Waals surface area contributed by atoms with Gasteiger partial charge in [-0.2, -0.15) is 0 Å². The minimum absolute atomic E-state index is 0.305. The van der Waals surface area contributed by atoms with Gasteiger partial charge >= 0.3 is 5.97 Å². The first kappa shape index (κ1) is 11.7. The standard InChI is InChI=1S/C10H10BrNO3/c1-12(6-9(13)14)10(15)7-4-2-3-5-8(7)11/h2-5H,6H2,1H3,(H,13,14). The zero-order chi connectivity index (χ0) is 11.4. The molecule has 0 aromatic heterocycles. The maximum Gasteiger partial charge on any atom is 0.323 e. The molecule has 1 N–H and O–H groups in total. The monoisotopic (exact) mass is 271 g/mol. The Balaban J connectivity index is 2.85. The Morgan fingerprint density at radius 2 is 2.00 bits per heavy atom. The molecular formula is C10H10BrNO3. The van der Waals surface area contributed by atoms with E-state index in [1.807, 2.05) is 0 Å². The smallest absolute Gasteiger partial charge is 0.323 e. The van der Waals surface area contributed by atoms with Crippen LogP contribution in [-0.4, -0.2) is 35.5 Å². The first-order valence-corrected chi connectivity index (χ1v) is 5.03. The summed E-state index contributed by atoms with van der Waals surface area (Å²) in [6, 6.07) is 6.90. The van der Waals surface area contributed by atoms with Crippen LogP contribution in [0.2, 0.25) is 0 Å². The van der Waals surface area contributed by atoms with Crippen LogP contribution in [0, 0.1) is 0 Å². The highest BCUT2D eigenvalue weighted by Crippen LogP contribution is 2.17. The van der Waals surface area contributed by atoms with Crippen LogP contribution < -0.4 is 0 Å². The molecule has 1 rings (SSSR count). The highest BCUT2D eigenvalue weighted by Gasteiger charge is 2.15. The molecule has 0 saturated carbocycles. The number of carboxylic acids is 1. The lowest BCUT2D eigenvalue weighted by molar-refractivity contribution is -0.137. The zero-order valence-electron chi connectivity index (χ0n) is 8.11. The summed E-state index contributed by atoms with van der Waals surface area (Å²) in [7, 11) is 1.45. The van der Waals surface area contributed by atoms with Gasteiger partial charge < -0.3 is 10.0 Å². The van der Waals surface area contributed by atoms with Gasteiger partial charge in [0, 0.05) is 11.5 Å². The molecular weight excluding hydrogens is 262 g/mol. The van der Waals surface area contributed by atoms with Crippen LogP contribution in [0.1, 0.15) is 10.4 Å². The van der Waals surface area contributed by atoms with Crippen LogP contribution >= 0.6 is 15.9 Å². The van der Waals surface area contributed by atoms with Gasteiger partial charge in [0.15, 0.2) is 0 Å². The van der Waals surface area contributed by atoms with Crippen molar-refractivity contribution >= 4 is 27.8 Å². The van der Waals surface area contributed by atoms with Crippen molar-refractivity contribution in [2.45, 2.75) is 0 Å². The molecule has 1 aromatic rings. The van der Waals surface area contributed by atoms with Gasteiger partial charge in [0.2, 0.25) is 0 Å². The fourth-order valence-electron chi connectivity index (χ4n) is 1.11. The van der Waals surface area contributed by atoms with Crippen LogP contribution in [0.25, 0.3) is 0 Å². The van der Waals surface area contributed by atoms with Crippen molar-refractivity contribution in [3.8, 4) is 0 Å². The van der Waals surface area contributed by atoms with E-state index in [9.17, 15) is 9.59 Å². The van der Waals surface area contributed by atoms with Crippen molar-refractivity contribution in [2.24, 2.45) is 0 Å². The van der Waals surface area contributed by atoms with E-state index in [1.165, 1.54) is 7.05 Å². The Kier molecular flexibility index (Phi) is 3.85. The second kappa shape index (κ2) is 4.93. The predicted octanol–water partition coefficient (Wildman–Crippen LogP) is 1.61. The first-order valence-electron chi connectivity index (χ1n) is 4.24. The molecule has 4 nitrogen and oxygen atoms in total. The van der Waals surface area contributed by atoms with Crippen LogP contribution in [0.3, 0.4) is 0 Å². The van der Waals surface area contributed by atoms with Crippen molar-refractivity contribution in [1.29, 1.82) is 0 Å². The quantitative estimate of drug-likeness (QED) is 0.909. The summed E-state index contributed by atoms with van der Waals surface area (Å²) in [4.78, 5) is 23.3. The molecule has 15 heavy (non-hydrogen) atoms. The average molecular weight is 272 g/mol. The Morgan fingerprint density at radius 1 is 1.40 bits per heavy atom. The molecule has 0 aliphatic rings. The summed E-state index contributed by atoms with van der Waals surface area (Å²) >= 11 is 3.24. The van der Waals surface area contributed by atoms with Crippen molar-refractivity contribution in [1.82, 2.24) is 4.90 Å². The van der Waals surface area contributed by atoms with E-state index in [1.54, 1.807) is 24.3 Å². The van der Waals surface area contributed by atoms with E-state index in [4.69, 9.17) is 5.11 Å². The van der Waals surface area contributed by atoms with E-state index in [0.29, 0.717) is 10.0 Å². The zero-order valence-corrected chi connectivity index (χ0v) is 9.69. The summed E-state index contributed by atoms with van der Waals surface area (Å²) in [6.45, 7) is -0.305. The molecule has 1 amide bonds. The van der Waals surface area contributed by atoms with E-state index in [2.05, 4.69) is 15.9 Å². The number of rotatable bonds is 3. The summed E-state index contributed by atoms with van der Waals surface area (Å²) < 4.78 is 0.659. The lowest BCUT2D eigenvalue weighted by atomic mass is 10.2. The van der Waals surface area contributed by atoms with Crippen molar-refractivity contribution < 1.29 is 14.7 Å².